The van der Waals surface area contributed by atoms with Gasteiger partial charge in [0, 0.05) is 0 Å². The van der Waals surface area contributed by atoms with Crippen molar-refractivity contribution in [3.05, 3.63) is 24.3 Å². The predicted molar refractivity (Wildman–Crippen MR) is 45.2 cm³/mol. The third-order valence-corrected chi connectivity index (χ3v) is 1.33. The number of hydrogen-bond acceptors (Lipinski definition) is 3. The van der Waals surface area contributed by atoms with E-state index in [1.54, 1.807) is 19.2 Å². The summed E-state index contributed by atoms with van der Waals surface area (Å²) in [7, 11) is 1.62. The summed E-state index contributed by atoms with van der Waals surface area (Å²) in [6.07, 6.45) is 0. The van der Waals surface area contributed by atoms with Crippen molar-refractivity contribution < 1.29 is 14.5 Å². The quantitative estimate of drug-likeness (QED) is 0.508. The van der Waals surface area contributed by atoms with Crippen molar-refractivity contribution in [3.8, 4) is 11.5 Å². The zero-order chi connectivity index (χ0) is 8.81. The topological polar surface area (TPSA) is 27.7 Å². The lowest BCUT2D eigenvalue weighted by molar-refractivity contribution is -0.202. The first-order chi connectivity index (χ1) is 5.86. The fourth-order valence-corrected chi connectivity index (χ4v) is 0.758. The van der Waals surface area contributed by atoms with E-state index in [9.17, 15) is 0 Å². The number of benzene rings is 1. The molecule has 0 bridgehead atoms. The second-order valence-electron chi connectivity index (χ2n) is 2.17. The molecular weight excluding hydrogens is 156 g/mol. The van der Waals surface area contributed by atoms with E-state index in [0.717, 1.165) is 5.75 Å². The first-order valence-electron chi connectivity index (χ1n) is 3.80. The molecule has 3 heteroatoms. The fraction of sp³-hybridized carbons (Fsp3) is 0.333. The average Bonchev–Trinajstić information content (AvgIpc) is 2.15. The SMILES string of the molecule is CCOOc1ccc(OC)cc1. The van der Waals surface area contributed by atoms with E-state index in [-0.39, 0.29) is 0 Å². The summed E-state index contributed by atoms with van der Waals surface area (Å²) < 4.78 is 4.98. The Hall–Kier alpha value is -1.22. The summed E-state index contributed by atoms with van der Waals surface area (Å²) in [5.74, 6) is 1.48. The smallest absolute Gasteiger partial charge is 0.165 e. The number of ether oxygens (including phenoxy) is 1. The van der Waals surface area contributed by atoms with Crippen molar-refractivity contribution >= 4 is 0 Å². The van der Waals surface area contributed by atoms with Gasteiger partial charge in [-0.3, -0.25) is 0 Å². The molecule has 0 spiro atoms. The van der Waals surface area contributed by atoms with Gasteiger partial charge in [-0.15, -0.1) is 0 Å². The van der Waals surface area contributed by atoms with Crippen molar-refractivity contribution in [1.82, 2.24) is 0 Å². The van der Waals surface area contributed by atoms with Gasteiger partial charge in [0.2, 0.25) is 0 Å². The van der Waals surface area contributed by atoms with Crippen LogP contribution in [0.4, 0.5) is 0 Å². The Morgan fingerprint density at radius 3 is 2.17 bits per heavy atom. The highest BCUT2D eigenvalue weighted by atomic mass is 17.2. The van der Waals surface area contributed by atoms with Crippen LogP contribution in [0.3, 0.4) is 0 Å². The van der Waals surface area contributed by atoms with Crippen LogP contribution in [0, 0.1) is 0 Å². The first-order valence-corrected chi connectivity index (χ1v) is 3.80. The lowest BCUT2D eigenvalue weighted by Crippen LogP contribution is -1.95. The Balaban J connectivity index is 2.53. The van der Waals surface area contributed by atoms with E-state index >= 15 is 0 Å². The second kappa shape index (κ2) is 4.62. The lowest BCUT2D eigenvalue weighted by Gasteiger charge is -2.03. The van der Waals surface area contributed by atoms with Crippen LogP contribution in [0.25, 0.3) is 0 Å². The van der Waals surface area contributed by atoms with Crippen LogP contribution in [0.5, 0.6) is 11.5 Å². The molecule has 1 aromatic rings. The lowest BCUT2D eigenvalue weighted by atomic mass is 10.3. The summed E-state index contributed by atoms with van der Waals surface area (Å²) in [5.41, 5.74) is 0. The molecule has 0 saturated heterocycles. The van der Waals surface area contributed by atoms with Gasteiger partial charge in [-0.1, -0.05) is 0 Å². The van der Waals surface area contributed by atoms with Crippen LogP contribution >= 0.6 is 0 Å². The maximum Gasteiger partial charge on any atom is 0.165 e. The monoisotopic (exact) mass is 168 g/mol. The van der Waals surface area contributed by atoms with Crippen LogP contribution in [0.15, 0.2) is 24.3 Å². The largest absolute Gasteiger partial charge is 0.497 e. The zero-order valence-electron chi connectivity index (χ0n) is 7.24. The van der Waals surface area contributed by atoms with E-state index in [2.05, 4.69) is 0 Å². The molecule has 66 valence electrons. The van der Waals surface area contributed by atoms with Crippen molar-refractivity contribution in [3.63, 3.8) is 0 Å². The predicted octanol–water partition coefficient (Wildman–Crippen LogP) is 2.03. The molecule has 0 aliphatic carbocycles. The van der Waals surface area contributed by atoms with Gasteiger partial charge in [0.05, 0.1) is 13.7 Å². The van der Waals surface area contributed by atoms with E-state index in [4.69, 9.17) is 14.5 Å². The molecule has 0 N–H and O–H groups in total. The average molecular weight is 168 g/mol. The van der Waals surface area contributed by atoms with Gasteiger partial charge < -0.3 is 9.62 Å². The van der Waals surface area contributed by atoms with Gasteiger partial charge in [-0.2, -0.15) is 4.89 Å². The molecule has 0 aliphatic heterocycles. The molecule has 0 amide bonds. The summed E-state index contributed by atoms with van der Waals surface area (Å²) in [6.45, 7) is 2.40. The highest BCUT2D eigenvalue weighted by Gasteiger charge is 1.94. The molecule has 1 rings (SSSR count). The highest BCUT2D eigenvalue weighted by molar-refractivity contribution is 5.30. The number of hydrogen-bond donors (Lipinski definition) is 0. The maximum atomic E-state index is 4.98. The van der Waals surface area contributed by atoms with Gasteiger partial charge in [0.25, 0.3) is 0 Å². The third-order valence-electron chi connectivity index (χ3n) is 1.33. The van der Waals surface area contributed by atoms with Gasteiger partial charge in [0.15, 0.2) is 5.75 Å². The van der Waals surface area contributed by atoms with Gasteiger partial charge in [0.1, 0.15) is 5.75 Å². The van der Waals surface area contributed by atoms with Crippen LogP contribution in [0.1, 0.15) is 6.92 Å². The molecule has 0 fully saturated rings. The van der Waals surface area contributed by atoms with Crippen LogP contribution in [-0.4, -0.2) is 13.7 Å². The molecule has 0 unspecified atom stereocenters. The Kier molecular flexibility index (Phi) is 3.41. The minimum atomic E-state index is 0.534. The van der Waals surface area contributed by atoms with Crippen molar-refractivity contribution in [2.24, 2.45) is 0 Å². The normalized spacial score (nSPS) is 9.50. The van der Waals surface area contributed by atoms with Crippen molar-refractivity contribution in [2.45, 2.75) is 6.92 Å². The molecule has 0 aliphatic rings. The molecular formula is C9H12O3. The van der Waals surface area contributed by atoms with E-state index in [1.165, 1.54) is 0 Å². The van der Waals surface area contributed by atoms with E-state index in [1.807, 2.05) is 19.1 Å². The summed E-state index contributed by atoms with van der Waals surface area (Å²) in [4.78, 5) is 9.65. The summed E-state index contributed by atoms with van der Waals surface area (Å²) in [5, 5.41) is 0. The summed E-state index contributed by atoms with van der Waals surface area (Å²) >= 11 is 0. The van der Waals surface area contributed by atoms with Crippen LogP contribution < -0.4 is 9.62 Å². The molecule has 12 heavy (non-hydrogen) atoms. The molecule has 0 heterocycles. The second-order valence-corrected chi connectivity index (χ2v) is 2.17. The van der Waals surface area contributed by atoms with E-state index < -0.39 is 0 Å². The molecule has 0 aromatic heterocycles. The number of methoxy groups -OCH3 is 1. The van der Waals surface area contributed by atoms with Crippen LogP contribution in [-0.2, 0) is 4.89 Å². The third kappa shape index (κ3) is 2.43. The minimum absolute atomic E-state index is 0.534. The Morgan fingerprint density at radius 2 is 1.67 bits per heavy atom. The van der Waals surface area contributed by atoms with Crippen molar-refractivity contribution in [1.29, 1.82) is 0 Å². The van der Waals surface area contributed by atoms with Gasteiger partial charge >= 0.3 is 0 Å². The molecule has 0 atom stereocenters. The molecule has 1 aromatic carbocycles. The van der Waals surface area contributed by atoms with Crippen molar-refractivity contribution in [2.75, 3.05) is 13.7 Å². The van der Waals surface area contributed by atoms with Gasteiger partial charge in [-0.05, 0) is 31.2 Å². The first kappa shape index (κ1) is 8.87. The summed E-state index contributed by atoms with van der Waals surface area (Å²) in [6, 6.07) is 7.20. The Morgan fingerprint density at radius 1 is 1.08 bits per heavy atom. The maximum absolute atomic E-state index is 4.98. The molecule has 0 saturated carbocycles. The Bertz CT molecular complexity index is 218. The molecule has 3 nitrogen and oxygen atoms in total. The minimum Gasteiger partial charge on any atom is -0.497 e. The Labute approximate surface area is 71.8 Å². The molecule has 0 radical (unpaired) electrons. The fourth-order valence-electron chi connectivity index (χ4n) is 0.758. The number of rotatable bonds is 4. The standard InChI is InChI=1S/C9H12O3/c1-3-11-12-9-6-4-8(10-2)5-7-9/h4-7H,3H2,1-2H3. The van der Waals surface area contributed by atoms with Gasteiger partial charge in [-0.25, -0.2) is 0 Å². The highest BCUT2D eigenvalue weighted by Crippen LogP contribution is 2.16. The van der Waals surface area contributed by atoms with Crippen LogP contribution in [0.2, 0.25) is 0 Å². The van der Waals surface area contributed by atoms with E-state index in [0.29, 0.717) is 12.4 Å². The zero-order valence-corrected chi connectivity index (χ0v) is 7.24.